The molecule has 0 radical (unpaired) electrons. The maximum absolute atomic E-state index is 9.66. The molecule has 1 rings (SSSR count). The van der Waals surface area contributed by atoms with Crippen molar-refractivity contribution in [2.75, 3.05) is 6.54 Å². The van der Waals surface area contributed by atoms with Crippen molar-refractivity contribution in [2.24, 2.45) is 11.8 Å². The molecule has 2 unspecified atom stereocenters. The standard InChI is InChI=1S/C48H84N2/c1-6-9-26-32-44(4)34-28-22-18-14-11-12-16-20-24-30-36-46-39-47(41-48(40-46)42-50(43-49)38-8-3)37-31-25-21-17-13-15-19-23-29-35-45(5)33-27-10-7-2/h22-23,28-29,39-41,44-45H,6-21,24-27,30-38,42H2,1-5H3/b28-22-,29-23+. The predicted molar refractivity (Wildman–Crippen MR) is 224 cm³/mol. The van der Waals surface area contributed by atoms with Crippen LogP contribution in [0.25, 0.3) is 0 Å². The van der Waals surface area contributed by atoms with Crippen molar-refractivity contribution in [1.29, 1.82) is 5.26 Å². The van der Waals surface area contributed by atoms with E-state index in [1.807, 2.05) is 4.90 Å². The Kier molecular flexibility index (Phi) is 31.4. The molecule has 0 aromatic heterocycles. The van der Waals surface area contributed by atoms with Crippen LogP contribution >= 0.6 is 0 Å². The summed E-state index contributed by atoms with van der Waals surface area (Å²) in [7, 11) is 0. The second kappa shape index (κ2) is 34.1. The van der Waals surface area contributed by atoms with Gasteiger partial charge in [-0.3, -0.25) is 0 Å². The van der Waals surface area contributed by atoms with Gasteiger partial charge in [0.05, 0.1) is 6.54 Å². The van der Waals surface area contributed by atoms with E-state index in [9.17, 15) is 5.26 Å². The van der Waals surface area contributed by atoms with E-state index in [0.29, 0.717) is 0 Å². The van der Waals surface area contributed by atoms with Crippen molar-refractivity contribution in [2.45, 2.75) is 221 Å². The highest BCUT2D eigenvalue weighted by molar-refractivity contribution is 5.31. The van der Waals surface area contributed by atoms with Gasteiger partial charge in [-0.15, -0.1) is 0 Å². The molecular formula is C48H84N2. The summed E-state index contributed by atoms with van der Waals surface area (Å²) in [6.07, 6.45) is 49.2. The number of allylic oxidation sites excluding steroid dienone is 4. The van der Waals surface area contributed by atoms with Crippen LogP contribution in [0.1, 0.15) is 218 Å². The second-order valence-corrected chi connectivity index (χ2v) is 16.0. The van der Waals surface area contributed by atoms with Gasteiger partial charge >= 0.3 is 0 Å². The molecule has 0 aliphatic heterocycles. The third-order valence-corrected chi connectivity index (χ3v) is 10.6. The van der Waals surface area contributed by atoms with E-state index in [2.05, 4.69) is 83.3 Å². The quantitative estimate of drug-likeness (QED) is 0.0307. The third kappa shape index (κ3) is 27.7. The summed E-state index contributed by atoms with van der Waals surface area (Å²) in [5, 5.41) is 9.66. The highest BCUT2D eigenvalue weighted by Gasteiger charge is 2.07. The first-order chi connectivity index (χ1) is 24.5. The van der Waals surface area contributed by atoms with Gasteiger partial charge in [0, 0.05) is 6.54 Å². The molecule has 0 fully saturated rings. The summed E-state index contributed by atoms with van der Waals surface area (Å²) in [5.74, 6) is 1.69. The summed E-state index contributed by atoms with van der Waals surface area (Å²) in [6, 6.07) is 7.27. The molecule has 0 saturated heterocycles. The van der Waals surface area contributed by atoms with Crippen LogP contribution in [0.2, 0.25) is 0 Å². The minimum Gasteiger partial charge on any atom is -0.306 e. The van der Waals surface area contributed by atoms with Crippen LogP contribution in [0.4, 0.5) is 0 Å². The molecular weight excluding hydrogens is 605 g/mol. The van der Waals surface area contributed by atoms with Crippen LogP contribution < -0.4 is 0 Å². The zero-order chi connectivity index (χ0) is 36.3. The minimum atomic E-state index is 0.755. The summed E-state index contributed by atoms with van der Waals surface area (Å²) >= 11 is 0. The van der Waals surface area contributed by atoms with E-state index >= 15 is 0 Å². The normalized spacial score (nSPS) is 13.0. The van der Waals surface area contributed by atoms with Crippen molar-refractivity contribution in [3.05, 3.63) is 59.2 Å². The summed E-state index contributed by atoms with van der Waals surface area (Å²) < 4.78 is 0. The Bertz CT molecular complexity index is 984. The fourth-order valence-electron chi connectivity index (χ4n) is 7.26. The molecule has 0 N–H and O–H groups in total. The smallest absolute Gasteiger partial charge is 0.179 e. The first-order valence-electron chi connectivity index (χ1n) is 22.1. The monoisotopic (exact) mass is 689 g/mol. The van der Waals surface area contributed by atoms with Crippen molar-refractivity contribution in [3.8, 4) is 6.19 Å². The molecule has 1 aromatic carbocycles. The molecule has 0 aliphatic rings. The van der Waals surface area contributed by atoms with Gasteiger partial charge in [-0.25, -0.2) is 0 Å². The van der Waals surface area contributed by atoms with Crippen LogP contribution in [0.5, 0.6) is 0 Å². The van der Waals surface area contributed by atoms with Crippen LogP contribution in [0.3, 0.4) is 0 Å². The Morgan fingerprint density at radius 3 is 1.36 bits per heavy atom. The zero-order valence-electron chi connectivity index (χ0n) is 34.3. The summed E-state index contributed by atoms with van der Waals surface area (Å²) in [6.45, 7) is 13.2. The highest BCUT2D eigenvalue weighted by Crippen LogP contribution is 2.20. The molecule has 2 nitrogen and oxygen atoms in total. The fourth-order valence-corrected chi connectivity index (χ4v) is 7.26. The molecule has 0 heterocycles. The van der Waals surface area contributed by atoms with E-state index < -0.39 is 0 Å². The van der Waals surface area contributed by atoms with Gasteiger partial charge in [0.25, 0.3) is 0 Å². The number of aryl methyl sites for hydroxylation is 2. The summed E-state index contributed by atoms with van der Waals surface area (Å²) in [5.41, 5.74) is 4.30. The average Bonchev–Trinajstić information content (AvgIpc) is 3.11. The van der Waals surface area contributed by atoms with Crippen molar-refractivity contribution >= 4 is 0 Å². The van der Waals surface area contributed by atoms with Crippen molar-refractivity contribution < 1.29 is 0 Å². The Labute approximate surface area is 314 Å². The first kappa shape index (κ1) is 46.0. The maximum atomic E-state index is 9.66. The lowest BCUT2D eigenvalue weighted by atomic mass is 9.97. The third-order valence-electron chi connectivity index (χ3n) is 10.6. The second-order valence-electron chi connectivity index (χ2n) is 16.0. The topological polar surface area (TPSA) is 27.0 Å². The fraction of sp³-hybridized carbons (Fsp3) is 0.771. The van der Waals surface area contributed by atoms with E-state index in [-0.39, 0.29) is 0 Å². The highest BCUT2D eigenvalue weighted by atomic mass is 15.1. The number of hydrogen-bond acceptors (Lipinski definition) is 2. The molecule has 0 amide bonds. The number of nitrogens with zero attached hydrogens (tertiary/aromatic N) is 2. The lowest BCUT2D eigenvalue weighted by Gasteiger charge is -2.16. The number of nitriles is 1. The van der Waals surface area contributed by atoms with Crippen LogP contribution in [0.15, 0.2) is 42.5 Å². The van der Waals surface area contributed by atoms with Gasteiger partial charge in [0.2, 0.25) is 0 Å². The first-order valence-corrected chi connectivity index (χ1v) is 22.1. The lowest BCUT2D eigenvalue weighted by molar-refractivity contribution is 0.385. The van der Waals surface area contributed by atoms with E-state index in [1.54, 1.807) is 0 Å². The van der Waals surface area contributed by atoms with Gasteiger partial charge in [0.15, 0.2) is 6.19 Å². The molecule has 0 bridgehead atoms. The predicted octanol–water partition coefficient (Wildman–Crippen LogP) is 15.6. The Morgan fingerprint density at radius 1 is 0.520 bits per heavy atom. The minimum absolute atomic E-state index is 0.755. The number of rotatable bonds is 35. The Morgan fingerprint density at radius 2 is 0.940 bits per heavy atom. The van der Waals surface area contributed by atoms with Crippen LogP contribution in [0, 0.1) is 23.3 Å². The molecule has 50 heavy (non-hydrogen) atoms. The molecule has 1 aromatic rings. The van der Waals surface area contributed by atoms with Gasteiger partial charge in [-0.05, 0) is 99.2 Å². The molecule has 2 heteroatoms. The van der Waals surface area contributed by atoms with Crippen LogP contribution in [-0.4, -0.2) is 11.4 Å². The Balaban J connectivity index is 2.30. The average molecular weight is 689 g/mol. The number of benzene rings is 1. The molecule has 2 atom stereocenters. The van der Waals surface area contributed by atoms with E-state index in [4.69, 9.17) is 0 Å². The summed E-state index contributed by atoms with van der Waals surface area (Å²) in [4.78, 5) is 1.93. The van der Waals surface area contributed by atoms with Gasteiger partial charge in [-0.2, -0.15) is 5.26 Å². The molecule has 0 saturated carbocycles. The van der Waals surface area contributed by atoms with Crippen molar-refractivity contribution in [1.82, 2.24) is 4.90 Å². The van der Waals surface area contributed by atoms with Crippen molar-refractivity contribution in [3.63, 3.8) is 0 Å². The van der Waals surface area contributed by atoms with Crippen LogP contribution in [-0.2, 0) is 19.4 Å². The lowest BCUT2D eigenvalue weighted by Crippen LogP contribution is -2.18. The van der Waals surface area contributed by atoms with Gasteiger partial charge < -0.3 is 4.90 Å². The SMILES string of the molecule is CCCCCC(C)C/C=C\CCCCCCCCCc1cc(CCCCCCCC/C=C/CC(C)CCCCC)cc(CN(C#N)CCC)c1. The largest absolute Gasteiger partial charge is 0.306 e. The van der Waals surface area contributed by atoms with Gasteiger partial charge in [0.1, 0.15) is 0 Å². The molecule has 0 aliphatic carbocycles. The van der Waals surface area contributed by atoms with E-state index in [0.717, 1.165) is 31.3 Å². The number of hydrogen-bond donors (Lipinski definition) is 0. The molecule has 286 valence electrons. The maximum Gasteiger partial charge on any atom is 0.179 e. The zero-order valence-corrected chi connectivity index (χ0v) is 34.3. The van der Waals surface area contributed by atoms with Gasteiger partial charge in [-0.1, -0.05) is 186 Å². The Hall–Kier alpha value is -2.01. The number of unbranched alkanes of at least 4 members (excludes halogenated alkanes) is 17. The van der Waals surface area contributed by atoms with E-state index in [1.165, 1.54) is 190 Å². The molecule has 0 spiro atoms.